The van der Waals surface area contributed by atoms with Crippen LogP contribution in [0.5, 0.6) is 5.75 Å². The van der Waals surface area contributed by atoms with Crippen molar-refractivity contribution in [2.75, 3.05) is 25.1 Å². The van der Waals surface area contributed by atoms with Gasteiger partial charge in [0.15, 0.2) is 11.6 Å². The SMILES string of the molecule is COc1c(C#N)ccnc1N1CC2CCC1CN2C(=O)OC(C)(C)C. The minimum Gasteiger partial charge on any atom is -0.492 e. The second-order valence-electron chi connectivity index (χ2n) is 7.50. The summed E-state index contributed by atoms with van der Waals surface area (Å²) < 4.78 is 11.0. The highest BCUT2D eigenvalue weighted by molar-refractivity contribution is 5.70. The molecule has 2 bridgehead atoms. The Hall–Kier alpha value is -2.49. The molecule has 1 amide bonds. The van der Waals surface area contributed by atoms with E-state index in [-0.39, 0.29) is 18.2 Å². The Morgan fingerprint density at radius 3 is 2.60 bits per heavy atom. The lowest BCUT2D eigenvalue weighted by atomic mass is 9.91. The summed E-state index contributed by atoms with van der Waals surface area (Å²) in [5, 5.41) is 9.28. The van der Waals surface area contributed by atoms with Gasteiger partial charge in [-0.05, 0) is 39.7 Å². The van der Waals surface area contributed by atoms with Gasteiger partial charge in [0.1, 0.15) is 11.7 Å². The van der Waals surface area contributed by atoms with Crippen LogP contribution in [0.25, 0.3) is 0 Å². The number of nitriles is 1. The molecule has 3 saturated heterocycles. The number of aromatic nitrogens is 1. The summed E-state index contributed by atoms with van der Waals surface area (Å²) in [5.41, 5.74) is -0.0303. The first-order valence-electron chi connectivity index (χ1n) is 8.53. The summed E-state index contributed by atoms with van der Waals surface area (Å²) in [6.07, 6.45) is 3.30. The Kier molecular flexibility index (Phi) is 4.46. The molecule has 4 heterocycles. The molecule has 1 aromatic heterocycles. The van der Waals surface area contributed by atoms with Gasteiger partial charge in [-0.25, -0.2) is 9.78 Å². The smallest absolute Gasteiger partial charge is 0.410 e. The lowest BCUT2D eigenvalue weighted by Crippen LogP contribution is -2.64. The van der Waals surface area contributed by atoms with Gasteiger partial charge in [0, 0.05) is 25.3 Å². The molecule has 3 aliphatic rings. The van der Waals surface area contributed by atoms with Crippen LogP contribution in [0.15, 0.2) is 12.3 Å². The summed E-state index contributed by atoms with van der Waals surface area (Å²) in [6, 6.07) is 4.02. The predicted octanol–water partition coefficient (Wildman–Crippen LogP) is 2.55. The molecule has 0 N–H and O–H groups in total. The number of methoxy groups -OCH3 is 1. The fourth-order valence-electron chi connectivity index (χ4n) is 3.56. The standard InChI is InChI=1S/C18H24N4O3/c1-18(2,3)25-17(23)22-11-13-5-6-14(22)10-21(13)16-15(24-4)12(9-19)7-8-20-16/h7-8,13-14H,5-6,10-11H2,1-4H3. The van der Waals surface area contributed by atoms with Crippen LogP contribution in [0, 0.1) is 11.3 Å². The largest absolute Gasteiger partial charge is 0.492 e. The van der Waals surface area contributed by atoms with E-state index in [4.69, 9.17) is 9.47 Å². The Morgan fingerprint density at radius 1 is 1.32 bits per heavy atom. The van der Waals surface area contributed by atoms with Crippen LogP contribution in [0.4, 0.5) is 10.6 Å². The number of fused-ring (bicyclic) bond motifs is 3. The summed E-state index contributed by atoms with van der Waals surface area (Å²) >= 11 is 0. The van der Waals surface area contributed by atoms with Gasteiger partial charge in [-0.15, -0.1) is 0 Å². The zero-order valence-corrected chi connectivity index (χ0v) is 15.2. The molecule has 3 aliphatic heterocycles. The maximum Gasteiger partial charge on any atom is 0.410 e. The van der Waals surface area contributed by atoms with E-state index in [1.807, 2.05) is 25.7 Å². The van der Waals surface area contributed by atoms with E-state index in [2.05, 4.69) is 16.0 Å². The molecule has 3 fully saturated rings. The van der Waals surface area contributed by atoms with Gasteiger partial charge in [-0.2, -0.15) is 5.26 Å². The topological polar surface area (TPSA) is 78.7 Å². The lowest BCUT2D eigenvalue weighted by molar-refractivity contribution is 0.000744. The van der Waals surface area contributed by atoms with Crippen molar-refractivity contribution in [3.05, 3.63) is 17.8 Å². The fourth-order valence-corrected chi connectivity index (χ4v) is 3.56. The van der Waals surface area contributed by atoms with Gasteiger partial charge >= 0.3 is 6.09 Å². The third-order valence-electron chi connectivity index (χ3n) is 4.64. The first-order chi connectivity index (χ1) is 11.8. The average Bonchev–Trinajstić information content (AvgIpc) is 2.59. The number of nitrogens with zero attached hydrogens (tertiary/aromatic N) is 4. The van der Waals surface area contributed by atoms with Crippen molar-refractivity contribution in [1.29, 1.82) is 5.26 Å². The van der Waals surface area contributed by atoms with Crippen LogP contribution in [0.1, 0.15) is 39.2 Å². The van der Waals surface area contributed by atoms with Crippen LogP contribution in [-0.4, -0.2) is 53.9 Å². The van der Waals surface area contributed by atoms with Gasteiger partial charge in [0.2, 0.25) is 0 Å². The van der Waals surface area contributed by atoms with Gasteiger partial charge in [-0.1, -0.05) is 0 Å². The monoisotopic (exact) mass is 344 g/mol. The van der Waals surface area contributed by atoms with E-state index >= 15 is 0 Å². The summed E-state index contributed by atoms with van der Waals surface area (Å²) in [4.78, 5) is 20.9. The normalized spacial score (nSPS) is 22.5. The highest BCUT2D eigenvalue weighted by Gasteiger charge is 2.43. The number of pyridine rings is 1. The number of hydrogen-bond donors (Lipinski definition) is 0. The highest BCUT2D eigenvalue weighted by Crippen LogP contribution is 2.37. The molecular weight excluding hydrogens is 320 g/mol. The number of piperidine rings is 2. The van der Waals surface area contributed by atoms with Gasteiger partial charge in [0.05, 0.1) is 18.7 Å². The van der Waals surface area contributed by atoms with Crippen LogP contribution in [0.2, 0.25) is 0 Å². The molecule has 2 unspecified atom stereocenters. The van der Waals surface area contributed by atoms with Gasteiger partial charge in [-0.3, -0.25) is 0 Å². The van der Waals surface area contributed by atoms with Gasteiger partial charge in [0.25, 0.3) is 0 Å². The predicted molar refractivity (Wildman–Crippen MR) is 92.6 cm³/mol. The molecule has 7 nitrogen and oxygen atoms in total. The first kappa shape index (κ1) is 17.3. The second kappa shape index (κ2) is 6.43. The Morgan fingerprint density at radius 2 is 2.04 bits per heavy atom. The summed E-state index contributed by atoms with van der Waals surface area (Å²) in [7, 11) is 1.55. The van der Waals surface area contributed by atoms with E-state index in [1.54, 1.807) is 19.4 Å². The maximum absolute atomic E-state index is 12.5. The van der Waals surface area contributed by atoms with E-state index in [9.17, 15) is 10.1 Å². The number of ether oxygens (including phenoxy) is 2. The Bertz CT molecular complexity index is 707. The first-order valence-corrected chi connectivity index (χ1v) is 8.53. The second-order valence-corrected chi connectivity index (χ2v) is 7.50. The third kappa shape index (κ3) is 3.34. The quantitative estimate of drug-likeness (QED) is 0.820. The minimum absolute atomic E-state index is 0.0806. The third-order valence-corrected chi connectivity index (χ3v) is 4.64. The Balaban J connectivity index is 1.82. The minimum atomic E-state index is -0.501. The molecule has 0 radical (unpaired) electrons. The van der Waals surface area contributed by atoms with E-state index in [0.717, 1.165) is 12.8 Å². The van der Waals surface area contributed by atoms with E-state index < -0.39 is 5.60 Å². The van der Waals surface area contributed by atoms with E-state index in [0.29, 0.717) is 30.2 Å². The number of amides is 1. The van der Waals surface area contributed by atoms with Gasteiger partial charge < -0.3 is 19.3 Å². The number of anilines is 1. The molecule has 1 aromatic rings. The van der Waals surface area contributed by atoms with Crippen molar-refractivity contribution in [1.82, 2.24) is 9.88 Å². The number of rotatable bonds is 2. The molecule has 7 heteroatoms. The van der Waals surface area contributed by atoms with Crippen molar-refractivity contribution in [3.63, 3.8) is 0 Å². The molecule has 134 valence electrons. The zero-order valence-electron chi connectivity index (χ0n) is 15.2. The molecule has 2 atom stereocenters. The molecule has 0 spiro atoms. The molecule has 0 saturated carbocycles. The van der Waals surface area contributed by atoms with Crippen LogP contribution in [-0.2, 0) is 4.74 Å². The number of hydrogen-bond acceptors (Lipinski definition) is 6. The number of carbonyl (C=O) groups is 1. The lowest BCUT2D eigenvalue weighted by Gasteiger charge is -2.51. The average molecular weight is 344 g/mol. The van der Waals surface area contributed by atoms with Crippen molar-refractivity contribution >= 4 is 11.9 Å². The van der Waals surface area contributed by atoms with Crippen LogP contribution in [0.3, 0.4) is 0 Å². The van der Waals surface area contributed by atoms with Crippen molar-refractivity contribution in [2.24, 2.45) is 0 Å². The Labute approximate surface area is 148 Å². The maximum atomic E-state index is 12.5. The molecule has 4 rings (SSSR count). The zero-order chi connectivity index (χ0) is 18.2. The highest BCUT2D eigenvalue weighted by atomic mass is 16.6. The molecule has 0 aliphatic carbocycles. The number of piperazine rings is 1. The van der Waals surface area contributed by atoms with Crippen LogP contribution >= 0.6 is 0 Å². The van der Waals surface area contributed by atoms with Crippen molar-refractivity contribution in [3.8, 4) is 11.8 Å². The summed E-state index contributed by atoms with van der Waals surface area (Å²) in [5.74, 6) is 1.18. The molecular formula is C18H24N4O3. The molecule has 0 aromatic carbocycles. The summed E-state index contributed by atoms with van der Waals surface area (Å²) in [6.45, 7) is 6.90. The van der Waals surface area contributed by atoms with E-state index in [1.165, 1.54) is 0 Å². The molecule has 25 heavy (non-hydrogen) atoms. The van der Waals surface area contributed by atoms with Crippen molar-refractivity contribution < 1.29 is 14.3 Å². The van der Waals surface area contributed by atoms with Crippen molar-refractivity contribution in [2.45, 2.75) is 51.3 Å². The fraction of sp³-hybridized carbons (Fsp3) is 0.611. The van der Waals surface area contributed by atoms with Crippen LogP contribution < -0.4 is 9.64 Å². The number of carbonyl (C=O) groups excluding carboxylic acids is 1.